The zero-order valence-corrected chi connectivity index (χ0v) is 22.9. The van der Waals surface area contributed by atoms with Crippen molar-refractivity contribution in [3.8, 4) is 5.75 Å². The monoisotopic (exact) mass is 596 g/mol. The Labute approximate surface area is 225 Å². The van der Waals surface area contributed by atoms with Crippen LogP contribution in [-0.4, -0.2) is 39.9 Å². The van der Waals surface area contributed by atoms with Gasteiger partial charge in [0.05, 0.1) is 17.8 Å². The number of likely N-dealkylation sites (tertiary alicyclic amines) is 1. The van der Waals surface area contributed by atoms with Gasteiger partial charge in [-0.1, -0.05) is 15.9 Å². The lowest BCUT2D eigenvalue weighted by atomic mass is 9.98. The van der Waals surface area contributed by atoms with Crippen LogP contribution < -0.4 is 15.4 Å². The van der Waals surface area contributed by atoms with Crippen molar-refractivity contribution >= 4 is 33.5 Å². The summed E-state index contributed by atoms with van der Waals surface area (Å²) in [5.41, 5.74) is 2.89. The van der Waals surface area contributed by atoms with Gasteiger partial charge in [-0.15, -0.1) is 11.3 Å². The van der Waals surface area contributed by atoms with E-state index in [0.29, 0.717) is 24.7 Å². The molecule has 1 saturated heterocycles. The van der Waals surface area contributed by atoms with Crippen LogP contribution in [0.2, 0.25) is 0 Å². The van der Waals surface area contributed by atoms with Crippen LogP contribution in [0, 0.1) is 6.92 Å². The molecule has 2 aromatic heterocycles. The van der Waals surface area contributed by atoms with Gasteiger partial charge in [-0.05, 0) is 43.5 Å². The Morgan fingerprint density at radius 1 is 1.14 bits per heavy atom. The summed E-state index contributed by atoms with van der Waals surface area (Å²) in [5, 5.41) is 14.0. The second-order valence-electron chi connectivity index (χ2n) is 9.23. The first-order chi connectivity index (χ1) is 17.7. The van der Waals surface area contributed by atoms with E-state index >= 15 is 0 Å². The lowest BCUT2D eigenvalue weighted by Gasteiger charge is -2.30. The Kier molecular flexibility index (Phi) is 7.62. The van der Waals surface area contributed by atoms with Gasteiger partial charge in [0.15, 0.2) is 5.69 Å². The molecule has 0 amide bonds. The van der Waals surface area contributed by atoms with E-state index in [1.54, 1.807) is 31.6 Å². The Morgan fingerprint density at radius 3 is 2.54 bits per heavy atom. The van der Waals surface area contributed by atoms with Gasteiger partial charge in [-0.25, -0.2) is 9.67 Å². The molecule has 7 nitrogen and oxygen atoms in total. The first kappa shape index (κ1) is 26.2. The van der Waals surface area contributed by atoms with Gasteiger partial charge in [0.2, 0.25) is 0 Å². The number of rotatable bonds is 5. The van der Waals surface area contributed by atoms with Gasteiger partial charge in [-0.3, -0.25) is 10.6 Å². The predicted octanol–water partition coefficient (Wildman–Crippen LogP) is 5.64. The van der Waals surface area contributed by atoms with Crippen LogP contribution >= 0.6 is 27.3 Å². The van der Waals surface area contributed by atoms with Gasteiger partial charge >= 0.3 is 6.18 Å². The highest BCUT2D eigenvalue weighted by molar-refractivity contribution is 9.10. The topological polar surface area (TPSA) is 67.2 Å². The lowest BCUT2D eigenvalue weighted by Crippen LogP contribution is -2.31. The van der Waals surface area contributed by atoms with E-state index in [4.69, 9.17) is 9.72 Å². The number of nitrogens with zero attached hydrogens (tertiary/aromatic N) is 4. The molecule has 2 N–H and O–H groups in total. The number of aromatic nitrogens is 3. The fraction of sp³-hybridized carbons (Fsp3) is 0.440. The summed E-state index contributed by atoms with van der Waals surface area (Å²) in [4.78, 5) is 7.10. The van der Waals surface area contributed by atoms with Crippen molar-refractivity contribution < 1.29 is 17.9 Å². The van der Waals surface area contributed by atoms with E-state index in [9.17, 15) is 13.2 Å². The van der Waals surface area contributed by atoms with Crippen LogP contribution in [0.25, 0.3) is 6.20 Å². The van der Waals surface area contributed by atoms with E-state index in [1.807, 2.05) is 18.3 Å². The minimum atomic E-state index is -4.44. The average molecular weight is 598 g/mol. The maximum Gasteiger partial charge on any atom is 0.435 e. The van der Waals surface area contributed by atoms with E-state index < -0.39 is 11.9 Å². The normalized spacial score (nSPS) is 19.3. The Hall–Kier alpha value is -2.41. The molecule has 0 bridgehead atoms. The zero-order valence-electron chi connectivity index (χ0n) is 20.5. The van der Waals surface area contributed by atoms with Crippen LogP contribution in [-0.2, 0) is 19.3 Å². The maximum atomic E-state index is 12.9. The Bertz CT molecular complexity index is 1280. The highest BCUT2D eigenvalue weighted by Gasteiger charge is 2.34. The number of hydrogen-bond donors (Lipinski definition) is 2. The summed E-state index contributed by atoms with van der Waals surface area (Å²) in [5.74, 6) is 1.24. The maximum absolute atomic E-state index is 12.9. The van der Waals surface area contributed by atoms with E-state index in [-0.39, 0.29) is 6.17 Å². The average Bonchev–Trinajstić information content (AvgIpc) is 3.45. The van der Waals surface area contributed by atoms with Crippen LogP contribution in [0.3, 0.4) is 0 Å². The molecule has 1 atom stereocenters. The number of halogens is 4. The molecule has 0 spiro atoms. The molecule has 3 aromatic rings. The van der Waals surface area contributed by atoms with Gasteiger partial charge in [0, 0.05) is 65.6 Å². The standard InChI is InChI=1S/C25H28BrF3N6OS/c1-15-11-22(25(27,28)29)33-35(15)10-9-34-7-5-16(6-8-34)24-32-20(14-37-24)23-30-12-17-18(13-31-23)21(36-2)4-3-19(17)26/h3-4,9-11,14,16,23,30-31H,5-8,12-13H2,1-2H3. The third-order valence-electron chi connectivity index (χ3n) is 6.86. The molecule has 1 fully saturated rings. The second-order valence-corrected chi connectivity index (χ2v) is 11.0. The number of benzene rings is 1. The summed E-state index contributed by atoms with van der Waals surface area (Å²) in [6.07, 6.45) is 0.795. The molecule has 0 radical (unpaired) electrons. The molecule has 2 aliphatic heterocycles. The number of alkyl halides is 3. The molecule has 1 aromatic carbocycles. The number of methoxy groups -OCH3 is 1. The van der Waals surface area contributed by atoms with Gasteiger partial charge in [-0.2, -0.15) is 18.3 Å². The largest absolute Gasteiger partial charge is 0.496 e. The molecule has 5 rings (SSSR count). The number of thiazole rings is 1. The molecule has 0 saturated carbocycles. The molecular formula is C25H28BrF3N6OS. The van der Waals surface area contributed by atoms with Gasteiger partial charge < -0.3 is 9.64 Å². The summed E-state index contributed by atoms with van der Waals surface area (Å²) in [6, 6.07) is 5.05. The zero-order chi connectivity index (χ0) is 26.2. The van der Waals surface area contributed by atoms with E-state index in [1.165, 1.54) is 10.2 Å². The van der Waals surface area contributed by atoms with Crippen LogP contribution in [0.5, 0.6) is 5.75 Å². The summed E-state index contributed by atoms with van der Waals surface area (Å²) >= 11 is 5.35. The Balaban J connectivity index is 1.18. The van der Waals surface area contributed by atoms with E-state index in [2.05, 4.69) is 41.9 Å². The predicted molar refractivity (Wildman–Crippen MR) is 140 cm³/mol. The quantitative estimate of drug-likeness (QED) is 0.397. The van der Waals surface area contributed by atoms with Crippen molar-refractivity contribution in [1.29, 1.82) is 0 Å². The number of nitrogens with one attached hydrogen (secondary N) is 2. The molecule has 0 aliphatic carbocycles. The Morgan fingerprint density at radius 2 is 1.86 bits per heavy atom. The highest BCUT2D eigenvalue weighted by Crippen LogP contribution is 2.34. The number of fused-ring (bicyclic) bond motifs is 1. The van der Waals surface area contributed by atoms with E-state index in [0.717, 1.165) is 58.5 Å². The van der Waals surface area contributed by atoms with Crippen molar-refractivity contribution in [1.82, 2.24) is 30.3 Å². The molecular weight excluding hydrogens is 569 g/mol. The molecule has 12 heteroatoms. The summed E-state index contributed by atoms with van der Waals surface area (Å²) < 4.78 is 46.6. The number of piperidine rings is 1. The summed E-state index contributed by atoms with van der Waals surface area (Å²) in [7, 11) is 1.69. The van der Waals surface area contributed by atoms with Crippen molar-refractivity contribution in [2.75, 3.05) is 20.2 Å². The number of ether oxygens (including phenoxy) is 1. The van der Waals surface area contributed by atoms with Crippen molar-refractivity contribution in [3.63, 3.8) is 0 Å². The van der Waals surface area contributed by atoms with Crippen LogP contribution in [0.1, 0.15) is 58.1 Å². The highest BCUT2D eigenvalue weighted by atomic mass is 79.9. The molecule has 37 heavy (non-hydrogen) atoms. The fourth-order valence-electron chi connectivity index (χ4n) is 4.76. The van der Waals surface area contributed by atoms with Gasteiger partial charge in [0.1, 0.15) is 11.9 Å². The van der Waals surface area contributed by atoms with Crippen LogP contribution in [0.15, 0.2) is 34.3 Å². The molecule has 1 unspecified atom stereocenters. The summed E-state index contributed by atoms with van der Waals surface area (Å²) in [6.45, 7) is 4.61. The van der Waals surface area contributed by atoms with Crippen molar-refractivity contribution in [2.45, 2.75) is 51.1 Å². The molecule has 4 heterocycles. The lowest BCUT2D eigenvalue weighted by molar-refractivity contribution is -0.141. The first-order valence-corrected chi connectivity index (χ1v) is 13.7. The van der Waals surface area contributed by atoms with Gasteiger partial charge in [0.25, 0.3) is 0 Å². The third kappa shape index (κ3) is 5.71. The first-order valence-electron chi connectivity index (χ1n) is 12.0. The smallest absolute Gasteiger partial charge is 0.435 e. The SMILES string of the molecule is COc1ccc(Br)c2c1CNC(c1csc(C3CCN(C=Cn4nc(C(F)(F)F)cc4C)CC3)n1)NC2. The minimum absolute atomic E-state index is 0.0593. The van der Waals surface area contributed by atoms with Crippen molar-refractivity contribution in [2.24, 2.45) is 0 Å². The second kappa shape index (κ2) is 10.8. The minimum Gasteiger partial charge on any atom is -0.496 e. The number of aryl methyl sites for hydroxylation is 1. The number of hydrogen-bond acceptors (Lipinski definition) is 7. The van der Waals surface area contributed by atoms with Crippen LogP contribution in [0.4, 0.5) is 13.2 Å². The third-order valence-corrected chi connectivity index (χ3v) is 8.63. The van der Waals surface area contributed by atoms with Crippen molar-refractivity contribution in [3.05, 3.63) is 67.5 Å². The molecule has 2 aliphatic rings. The fourth-order valence-corrected chi connectivity index (χ4v) is 6.29. The molecule has 198 valence electrons.